The molecule has 0 fully saturated rings. The lowest BCUT2D eigenvalue weighted by Gasteiger charge is -2.39. The summed E-state index contributed by atoms with van der Waals surface area (Å²) in [7, 11) is 2.23. The molecule has 0 saturated heterocycles. The number of rotatable bonds is 0. The van der Waals surface area contributed by atoms with E-state index in [4.69, 9.17) is 0 Å². The van der Waals surface area contributed by atoms with E-state index in [-0.39, 0.29) is 0 Å². The van der Waals surface area contributed by atoms with Crippen molar-refractivity contribution in [1.82, 2.24) is 9.88 Å². The average molecular weight is 236 g/mol. The van der Waals surface area contributed by atoms with Crippen LogP contribution in [0, 0.1) is 0 Å². The van der Waals surface area contributed by atoms with Gasteiger partial charge >= 0.3 is 0 Å². The molecule has 1 aromatic carbocycles. The van der Waals surface area contributed by atoms with Crippen LogP contribution in [0.4, 0.5) is 0 Å². The van der Waals surface area contributed by atoms with Crippen molar-refractivity contribution in [2.75, 3.05) is 13.6 Å². The highest BCUT2D eigenvalue weighted by Gasteiger charge is 2.32. The monoisotopic (exact) mass is 236 g/mol. The lowest BCUT2D eigenvalue weighted by atomic mass is 9.80. The Kier molecular flexibility index (Phi) is 2.09. The molecule has 1 aliphatic heterocycles. The molecular formula is C16H16N2. The Hall–Kier alpha value is -1.67. The topological polar surface area (TPSA) is 16.1 Å². The smallest absolute Gasteiger partial charge is 0.0755 e. The minimum atomic E-state index is 0.521. The van der Waals surface area contributed by atoms with Crippen LogP contribution in [-0.2, 0) is 12.8 Å². The van der Waals surface area contributed by atoms with Crippen LogP contribution in [0.15, 0.2) is 36.5 Å². The Balaban J connectivity index is 2.03. The van der Waals surface area contributed by atoms with E-state index >= 15 is 0 Å². The largest absolute Gasteiger partial charge is 0.299 e. The molecule has 2 heterocycles. The van der Waals surface area contributed by atoms with E-state index in [0.29, 0.717) is 6.04 Å². The van der Waals surface area contributed by atoms with Gasteiger partial charge in [-0.3, -0.25) is 9.88 Å². The minimum Gasteiger partial charge on any atom is -0.299 e. The minimum absolute atomic E-state index is 0.521. The summed E-state index contributed by atoms with van der Waals surface area (Å²) < 4.78 is 0. The molecule has 0 saturated carbocycles. The maximum atomic E-state index is 4.66. The first-order chi connectivity index (χ1) is 8.84. The molecule has 0 spiro atoms. The van der Waals surface area contributed by atoms with Gasteiger partial charge in [-0.05, 0) is 42.6 Å². The molecule has 0 N–H and O–H groups in total. The zero-order chi connectivity index (χ0) is 12.1. The number of aromatic nitrogens is 1. The molecule has 0 amide bonds. The maximum absolute atomic E-state index is 4.66. The highest BCUT2D eigenvalue weighted by molar-refractivity contribution is 5.72. The molecule has 18 heavy (non-hydrogen) atoms. The molecule has 2 nitrogen and oxygen atoms in total. The number of fused-ring (bicyclic) bond motifs is 2. The summed E-state index contributed by atoms with van der Waals surface area (Å²) in [5, 5.41) is 0. The number of likely N-dealkylation sites (N-methyl/N-ethyl adjacent to an activating group) is 1. The summed E-state index contributed by atoms with van der Waals surface area (Å²) in [4.78, 5) is 7.14. The maximum Gasteiger partial charge on any atom is 0.0755 e. The highest BCUT2D eigenvalue weighted by Crippen LogP contribution is 2.43. The number of nitrogens with zero attached hydrogens (tertiary/aromatic N) is 2. The van der Waals surface area contributed by atoms with Gasteiger partial charge in [0.2, 0.25) is 0 Å². The molecule has 2 aliphatic rings. The normalized spacial score (nSPS) is 21.3. The fourth-order valence-electron chi connectivity index (χ4n) is 3.39. The molecule has 1 unspecified atom stereocenters. The Morgan fingerprint density at radius 2 is 2.06 bits per heavy atom. The molecule has 2 heteroatoms. The summed E-state index contributed by atoms with van der Waals surface area (Å²) in [5.41, 5.74) is 6.96. The van der Waals surface area contributed by atoms with Crippen LogP contribution in [-0.4, -0.2) is 23.5 Å². The van der Waals surface area contributed by atoms with Crippen molar-refractivity contribution < 1.29 is 0 Å². The Morgan fingerprint density at radius 3 is 3.00 bits per heavy atom. The second-order valence-corrected chi connectivity index (χ2v) is 5.34. The second kappa shape index (κ2) is 3.66. The van der Waals surface area contributed by atoms with Crippen molar-refractivity contribution in [2.45, 2.75) is 18.9 Å². The van der Waals surface area contributed by atoms with Gasteiger partial charge in [-0.15, -0.1) is 0 Å². The van der Waals surface area contributed by atoms with Crippen molar-refractivity contribution >= 4 is 0 Å². The number of hydrogen-bond acceptors (Lipinski definition) is 2. The zero-order valence-electron chi connectivity index (χ0n) is 10.6. The van der Waals surface area contributed by atoms with Gasteiger partial charge < -0.3 is 0 Å². The summed E-state index contributed by atoms with van der Waals surface area (Å²) in [6, 6.07) is 11.4. The first-order valence-corrected chi connectivity index (χ1v) is 6.61. The predicted molar refractivity (Wildman–Crippen MR) is 72.5 cm³/mol. The average Bonchev–Trinajstić information content (AvgIpc) is 2.43. The van der Waals surface area contributed by atoms with Gasteiger partial charge in [0, 0.05) is 24.3 Å². The Morgan fingerprint density at radius 1 is 1.17 bits per heavy atom. The van der Waals surface area contributed by atoms with E-state index in [0.717, 1.165) is 19.4 Å². The van der Waals surface area contributed by atoms with Crippen LogP contribution < -0.4 is 0 Å². The third-order valence-electron chi connectivity index (χ3n) is 4.37. The Labute approximate surface area is 107 Å². The van der Waals surface area contributed by atoms with Gasteiger partial charge in [0.1, 0.15) is 0 Å². The van der Waals surface area contributed by atoms with E-state index in [2.05, 4.69) is 47.3 Å². The van der Waals surface area contributed by atoms with E-state index in [1.807, 2.05) is 6.20 Å². The standard InChI is InChI=1S/C16H16N2/c1-18-9-7-11-6-8-17-16-13-5-3-2-4-12(13)10-14(18)15(11)16/h2-6,8,14H,7,9-10H2,1H3. The molecule has 2 aromatic rings. The number of hydrogen-bond donors (Lipinski definition) is 0. The Bertz CT molecular complexity index is 618. The van der Waals surface area contributed by atoms with Crippen molar-refractivity contribution in [3.05, 3.63) is 53.2 Å². The molecule has 1 aromatic heterocycles. The third kappa shape index (κ3) is 1.30. The summed E-state index contributed by atoms with van der Waals surface area (Å²) in [5.74, 6) is 0. The molecular weight excluding hydrogens is 220 g/mol. The van der Waals surface area contributed by atoms with Crippen LogP contribution in [0.25, 0.3) is 11.3 Å². The fourth-order valence-corrected chi connectivity index (χ4v) is 3.39. The molecule has 0 radical (unpaired) electrons. The van der Waals surface area contributed by atoms with Crippen LogP contribution >= 0.6 is 0 Å². The van der Waals surface area contributed by atoms with Crippen LogP contribution in [0.3, 0.4) is 0 Å². The summed E-state index contributed by atoms with van der Waals surface area (Å²) >= 11 is 0. The first-order valence-electron chi connectivity index (χ1n) is 6.61. The van der Waals surface area contributed by atoms with Crippen LogP contribution in [0.2, 0.25) is 0 Å². The van der Waals surface area contributed by atoms with Gasteiger partial charge in [-0.2, -0.15) is 0 Å². The van der Waals surface area contributed by atoms with E-state index < -0.39 is 0 Å². The van der Waals surface area contributed by atoms with E-state index in [1.165, 1.54) is 27.9 Å². The predicted octanol–water partition coefficient (Wildman–Crippen LogP) is 2.83. The van der Waals surface area contributed by atoms with Crippen LogP contribution in [0.5, 0.6) is 0 Å². The fraction of sp³-hybridized carbons (Fsp3) is 0.312. The summed E-state index contributed by atoms with van der Waals surface area (Å²) in [6.45, 7) is 1.16. The number of pyridine rings is 1. The van der Waals surface area contributed by atoms with Gasteiger partial charge in [0.25, 0.3) is 0 Å². The zero-order valence-corrected chi connectivity index (χ0v) is 10.6. The SMILES string of the molecule is CN1CCc2ccnc3c2C1Cc1ccccc1-3. The van der Waals surface area contributed by atoms with Gasteiger partial charge in [0.15, 0.2) is 0 Å². The van der Waals surface area contributed by atoms with Gasteiger partial charge in [0.05, 0.1) is 5.69 Å². The molecule has 4 rings (SSSR count). The van der Waals surface area contributed by atoms with Crippen molar-refractivity contribution in [3.63, 3.8) is 0 Å². The molecule has 0 bridgehead atoms. The first kappa shape index (κ1) is 10.3. The third-order valence-corrected chi connectivity index (χ3v) is 4.37. The number of benzene rings is 1. The second-order valence-electron chi connectivity index (χ2n) is 5.34. The molecule has 90 valence electrons. The summed E-state index contributed by atoms with van der Waals surface area (Å²) in [6.07, 6.45) is 4.25. The van der Waals surface area contributed by atoms with Crippen molar-refractivity contribution in [2.24, 2.45) is 0 Å². The molecule has 1 aliphatic carbocycles. The highest BCUT2D eigenvalue weighted by atomic mass is 15.1. The van der Waals surface area contributed by atoms with Gasteiger partial charge in [-0.1, -0.05) is 24.3 Å². The van der Waals surface area contributed by atoms with Crippen molar-refractivity contribution in [3.8, 4) is 11.3 Å². The van der Waals surface area contributed by atoms with E-state index in [1.54, 1.807) is 0 Å². The van der Waals surface area contributed by atoms with Crippen molar-refractivity contribution in [1.29, 1.82) is 0 Å². The van der Waals surface area contributed by atoms with Crippen LogP contribution in [0.1, 0.15) is 22.7 Å². The van der Waals surface area contributed by atoms with Gasteiger partial charge in [-0.25, -0.2) is 0 Å². The lowest BCUT2D eigenvalue weighted by molar-refractivity contribution is 0.227. The lowest BCUT2D eigenvalue weighted by Crippen LogP contribution is -2.35. The molecule has 1 atom stereocenters. The van der Waals surface area contributed by atoms with E-state index in [9.17, 15) is 0 Å². The quantitative estimate of drug-likeness (QED) is 0.699.